The number of aromatic nitrogens is 1. The van der Waals surface area contributed by atoms with Gasteiger partial charge >= 0.3 is 6.03 Å². The van der Waals surface area contributed by atoms with Crippen molar-refractivity contribution in [3.63, 3.8) is 0 Å². The molecule has 0 radical (unpaired) electrons. The number of anilines is 1. The molecule has 0 atom stereocenters. The first-order valence-electron chi connectivity index (χ1n) is 11.2. The first kappa shape index (κ1) is 24.2. The number of nitrogens with one attached hydrogen (secondary N) is 2. The smallest absolute Gasteiger partial charge is 0.322 e. The molecule has 0 aliphatic rings. The minimum atomic E-state index is -0.342. The molecule has 1 heterocycles. The molecule has 4 rings (SSSR count). The third kappa shape index (κ3) is 6.13. The number of hydrogen-bond donors (Lipinski definition) is 2. The molecule has 0 unspecified atom stereocenters. The number of hydrogen-bond acceptors (Lipinski definition) is 4. The van der Waals surface area contributed by atoms with Crippen LogP contribution in [-0.4, -0.2) is 29.6 Å². The molecule has 3 aromatic carbocycles. The van der Waals surface area contributed by atoms with E-state index in [1.807, 2.05) is 49.4 Å². The SMILES string of the molecule is CCOc1ccc2[nH]c(=O)c(CN(Cc3ccc(OC)cc3)C(=O)Nc3ccc(Cl)cc3)cc2c1. The van der Waals surface area contributed by atoms with Crippen LogP contribution in [0, 0.1) is 0 Å². The Bertz CT molecular complexity index is 1370. The molecule has 0 aliphatic carbocycles. The Hall–Kier alpha value is -3.97. The molecular weight excluding hydrogens is 466 g/mol. The Balaban J connectivity index is 1.64. The number of nitrogens with zero attached hydrogens (tertiary/aromatic N) is 1. The molecule has 1 aromatic heterocycles. The van der Waals surface area contributed by atoms with E-state index in [2.05, 4.69) is 10.3 Å². The maximum absolute atomic E-state index is 13.3. The van der Waals surface area contributed by atoms with E-state index in [0.717, 1.165) is 16.7 Å². The summed E-state index contributed by atoms with van der Waals surface area (Å²) in [7, 11) is 1.60. The van der Waals surface area contributed by atoms with E-state index >= 15 is 0 Å². The van der Waals surface area contributed by atoms with E-state index in [1.165, 1.54) is 0 Å². The number of carbonyl (C=O) groups excluding carboxylic acids is 1. The number of amides is 2. The van der Waals surface area contributed by atoms with Crippen molar-refractivity contribution in [2.75, 3.05) is 19.0 Å². The standard InChI is InChI=1S/C27H26ClN3O4/c1-3-35-24-12-13-25-19(15-24)14-20(26(32)30-25)17-31(16-18-4-10-23(34-2)11-5-18)27(33)29-22-8-6-21(28)7-9-22/h4-15H,3,16-17H2,1-2H3,(H,29,33)(H,30,32). The molecule has 4 aromatic rings. The van der Waals surface area contributed by atoms with Gasteiger partial charge in [-0.05, 0) is 73.2 Å². The summed E-state index contributed by atoms with van der Waals surface area (Å²) in [6, 6.07) is 21.3. The number of methoxy groups -OCH3 is 1. The number of ether oxygens (including phenoxy) is 2. The van der Waals surface area contributed by atoms with Gasteiger partial charge in [-0.1, -0.05) is 23.7 Å². The molecule has 8 heteroatoms. The van der Waals surface area contributed by atoms with E-state index < -0.39 is 0 Å². The van der Waals surface area contributed by atoms with Gasteiger partial charge in [-0.2, -0.15) is 0 Å². The van der Waals surface area contributed by atoms with Crippen LogP contribution in [0.15, 0.2) is 77.6 Å². The Labute approximate surface area is 208 Å². The van der Waals surface area contributed by atoms with Crippen LogP contribution in [-0.2, 0) is 13.1 Å². The summed E-state index contributed by atoms with van der Waals surface area (Å²) >= 11 is 5.97. The molecule has 180 valence electrons. The van der Waals surface area contributed by atoms with Crippen molar-refractivity contribution in [3.8, 4) is 11.5 Å². The van der Waals surface area contributed by atoms with Crippen LogP contribution in [0.4, 0.5) is 10.5 Å². The van der Waals surface area contributed by atoms with Crippen LogP contribution in [0.5, 0.6) is 11.5 Å². The second-order valence-corrected chi connectivity index (χ2v) is 8.38. The number of rotatable bonds is 8. The molecule has 7 nitrogen and oxygen atoms in total. The molecule has 0 saturated carbocycles. The Morgan fingerprint density at radius 3 is 2.37 bits per heavy atom. The monoisotopic (exact) mass is 491 g/mol. The summed E-state index contributed by atoms with van der Waals surface area (Å²) in [6.07, 6.45) is 0. The molecule has 0 spiro atoms. The second-order valence-electron chi connectivity index (χ2n) is 7.95. The fourth-order valence-corrected chi connectivity index (χ4v) is 3.82. The highest BCUT2D eigenvalue weighted by atomic mass is 35.5. The maximum Gasteiger partial charge on any atom is 0.322 e. The van der Waals surface area contributed by atoms with Crippen LogP contribution in [0.25, 0.3) is 10.9 Å². The van der Waals surface area contributed by atoms with Gasteiger partial charge < -0.3 is 24.7 Å². The largest absolute Gasteiger partial charge is 0.497 e. The van der Waals surface area contributed by atoms with Crippen molar-refractivity contribution in [1.29, 1.82) is 0 Å². The van der Waals surface area contributed by atoms with Gasteiger partial charge in [0.2, 0.25) is 0 Å². The van der Waals surface area contributed by atoms with Crippen molar-refractivity contribution in [2.24, 2.45) is 0 Å². The van der Waals surface area contributed by atoms with Gasteiger partial charge in [0.25, 0.3) is 5.56 Å². The predicted octanol–water partition coefficient (Wildman–Crippen LogP) is 5.82. The van der Waals surface area contributed by atoms with Crippen LogP contribution in [0.2, 0.25) is 5.02 Å². The average molecular weight is 492 g/mol. The molecule has 35 heavy (non-hydrogen) atoms. The molecule has 0 saturated heterocycles. The van der Waals surface area contributed by atoms with E-state index in [9.17, 15) is 9.59 Å². The number of aromatic amines is 1. The summed E-state index contributed by atoms with van der Waals surface area (Å²) in [4.78, 5) is 30.6. The minimum Gasteiger partial charge on any atom is -0.497 e. The highest BCUT2D eigenvalue weighted by molar-refractivity contribution is 6.30. The van der Waals surface area contributed by atoms with Crippen LogP contribution >= 0.6 is 11.6 Å². The number of benzene rings is 3. The van der Waals surface area contributed by atoms with Crippen molar-refractivity contribution in [1.82, 2.24) is 9.88 Å². The van der Waals surface area contributed by atoms with Gasteiger partial charge in [0.05, 0.1) is 20.3 Å². The first-order chi connectivity index (χ1) is 16.9. The number of pyridine rings is 1. The number of fused-ring (bicyclic) bond motifs is 1. The Morgan fingerprint density at radius 2 is 1.69 bits per heavy atom. The number of H-pyrrole nitrogens is 1. The van der Waals surface area contributed by atoms with Gasteiger partial charge in [0, 0.05) is 33.7 Å². The molecule has 2 N–H and O–H groups in total. The average Bonchev–Trinajstić information content (AvgIpc) is 2.86. The third-order valence-electron chi connectivity index (χ3n) is 5.48. The predicted molar refractivity (Wildman–Crippen MR) is 138 cm³/mol. The van der Waals surface area contributed by atoms with Crippen molar-refractivity contribution in [3.05, 3.63) is 99.3 Å². The summed E-state index contributed by atoms with van der Waals surface area (Å²) in [5, 5.41) is 4.29. The zero-order valence-electron chi connectivity index (χ0n) is 19.5. The second kappa shape index (κ2) is 11.0. The fourth-order valence-electron chi connectivity index (χ4n) is 3.70. The Morgan fingerprint density at radius 1 is 0.971 bits per heavy atom. The lowest BCUT2D eigenvalue weighted by Crippen LogP contribution is -2.35. The molecular formula is C27H26ClN3O4. The number of urea groups is 1. The summed E-state index contributed by atoms with van der Waals surface area (Å²) in [5.41, 5.74) is 2.42. The van der Waals surface area contributed by atoms with Gasteiger partial charge in [-0.15, -0.1) is 0 Å². The lowest BCUT2D eigenvalue weighted by atomic mass is 10.1. The summed E-state index contributed by atoms with van der Waals surface area (Å²) in [6.45, 7) is 2.86. The van der Waals surface area contributed by atoms with Crippen molar-refractivity contribution < 1.29 is 14.3 Å². The molecule has 0 bridgehead atoms. The van der Waals surface area contributed by atoms with Crippen LogP contribution in [0.1, 0.15) is 18.1 Å². The lowest BCUT2D eigenvalue weighted by molar-refractivity contribution is 0.206. The van der Waals surface area contributed by atoms with Crippen LogP contribution < -0.4 is 20.3 Å². The molecule has 0 aliphatic heterocycles. The highest BCUT2D eigenvalue weighted by Gasteiger charge is 2.17. The van der Waals surface area contributed by atoms with Crippen LogP contribution in [0.3, 0.4) is 0 Å². The lowest BCUT2D eigenvalue weighted by Gasteiger charge is -2.23. The normalized spacial score (nSPS) is 10.7. The van der Waals surface area contributed by atoms with Gasteiger partial charge in [-0.25, -0.2) is 4.79 Å². The zero-order chi connectivity index (χ0) is 24.8. The zero-order valence-corrected chi connectivity index (χ0v) is 20.3. The van der Waals surface area contributed by atoms with Crippen molar-refractivity contribution in [2.45, 2.75) is 20.0 Å². The maximum atomic E-state index is 13.3. The number of halogens is 1. The van der Waals surface area contributed by atoms with E-state index in [0.29, 0.717) is 40.7 Å². The highest BCUT2D eigenvalue weighted by Crippen LogP contribution is 2.21. The summed E-state index contributed by atoms with van der Waals surface area (Å²) < 4.78 is 10.8. The first-order valence-corrected chi connectivity index (χ1v) is 11.6. The topological polar surface area (TPSA) is 83.7 Å². The molecule has 2 amide bonds. The van der Waals surface area contributed by atoms with Gasteiger partial charge in [0.1, 0.15) is 11.5 Å². The third-order valence-corrected chi connectivity index (χ3v) is 5.73. The van der Waals surface area contributed by atoms with E-state index in [4.69, 9.17) is 21.1 Å². The summed E-state index contributed by atoms with van der Waals surface area (Å²) in [5.74, 6) is 1.44. The van der Waals surface area contributed by atoms with E-state index in [-0.39, 0.29) is 18.1 Å². The minimum absolute atomic E-state index is 0.107. The number of carbonyl (C=O) groups is 1. The Kier molecular flexibility index (Phi) is 7.57. The van der Waals surface area contributed by atoms with Crippen molar-refractivity contribution >= 4 is 34.2 Å². The fraction of sp³-hybridized carbons (Fsp3) is 0.185. The van der Waals surface area contributed by atoms with E-state index in [1.54, 1.807) is 42.3 Å². The van der Waals surface area contributed by atoms with Gasteiger partial charge in [0.15, 0.2) is 0 Å². The molecule has 0 fully saturated rings. The van der Waals surface area contributed by atoms with Gasteiger partial charge in [-0.3, -0.25) is 4.79 Å². The quantitative estimate of drug-likeness (QED) is 0.325.